The Balaban J connectivity index is 1.40. The highest BCUT2D eigenvalue weighted by molar-refractivity contribution is 5.94. The molecule has 5 heterocycles. The van der Waals surface area contributed by atoms with Crippen LogP contribution in [0.25, 0.3) is 16.6 Å². The van der Waals surface area contributed by atoms with Crippen molar-refractivity contribution >= 4 is 11.4 Å². The molecule has 5 rings (SSSR count). The molecule has 0 bridgehead atoms. The fourth-order valence-corrected chi connectivity index (χ4v) is 3.69. The summed E-state index contributed by atoms with van der Waals surface area (Å²) in [4.78, 5) is 26.7. The normalized spacial score (nSPS) is 16.7. The van der Waals surface area contributed by atoms with Gasteiger partial charge in [-0.2, -0.15) is 4.39 Å². The van der Waals surface area contributed by atoms with Crippen LogP contribution in [-0.4, -0.2) is 49.9 Å². The third-order valence-corrected chi connectivity index (χ3v) is 5.19. The molecule has 0 aromatic carbocycles. The average Bonchev–Trinajstić information content (AvgIpc) is 3.22. The summed E-state index contributed by atoms with van der Waals surface area (Å²) in [6.45, 7) is 1.17. The molecule has 0 N–H and O–H groups in total. The average molecular weight is 403 g/mol. The smallest absolute Gasteiger partial charge is 0.254 e. The lowest BCUT2D eigenvalue weighted by Crippen LogP contribution is -2.42. The number of halogens is 1. The lowest BCUT2D eigenvalue weighted by molar-refractivity contribution is -0.0239. The number of nitrogens with zero attached hydrogens (tertiary/aromatic N) is 5. The molecule has 1 aliphatic heterocycles. The van der Waals surface area contributed by atoms with Crippen LogP contribution in [-0.2, 0) is 4.74 Å². The van der Waals surface area contributed by atoms with Gasteiger partial charge in [0.05, 0.1) is 30.7 Å². The number of hydrogen-bond donors (Lipinski definition) is 0. The highest BCUT2D eigenvalue weighted by Gasteiger charge is 2.29. The van der Waals surface area contributed by atoms with Gasteiger partial charge in [0.1, 0.15) is 6.10 Å². The Morgan fingerprint density at radius 2 is 2.07 bits per heavy atom. The highest BCUT2D eigenvalue weighted by atomic mass is 19.1. The minimum absolute atomic E-state index is 0.244. The van der Waals surface area contributed by atoms with Crippen LogP contribution >= 0.6 is 0 Å². The van der Waals surface area contributed by atoms with Crippen molar-refractivity contribution in [3.05, 3.63) is 84.7 Å². The van der Waals surface area contributed by atoms with E-state index in [2.05, 4.69) is 15.0 Å². The zero-order valence-corrected chi connectivity index (χ0v) is 16.0. The van der Waals surface area contributed by atoms with Gasteiger partial charge < -0.3 is 14.0 Å². The molecule has 1 atom stereocenters. The highest BCUT2D eigenvalue weighted by Crippen LogP contribution is 2.27. The number of carbonyl (C=O) groups excluding carboxylic acids is 1. The number of morpholine rings is 1. The number of ether oxygens (including phenoxy) is 1. The Bertz CT molecular complexity index is 1210. The van der Waals surface area contributed by atoms with E-state index in [0.717, 1.165) is 28.4 Å². The fourth-order valence-electron chi connectivity index (χ4n) is 3.69. The zero-order valence-electron chi connectivity index (χ0n) is 16.0. The van der Waals surface area contributed by atoms with Crippen LogP contribution in [0.3, 0.4) is 0 Å². The largest absolute Gasteiger partial charge is 0.368 e. The summed E-state index contributed by atoms with van der Waals surface area (Å²) >= 11 is 0. The number of pyridine rings is 3. The first-order valence-corrected chi connectivity index (χ1v) is 9.58. The van der Waals surface area contributed by atoms with E-state index in [1.807, 2.05) is 41.1 Å². The molecule has 0 saturated carbocycles. The van der Waals surface area contributed by atoms with Gasteiger partial charge in [0, 0.05) is 48.5 Å². The predicted octanol–water partition coefficient (Wildman–Crippen LogP) is 3.14. The van der Waals surface area contributed by atoms with Gasteiger partial charge in [-0.1, -0.05) is 12.1 Å². The molecule has 1 amide bonds. The van der Waals surface area contributed by atoms with Gasteiger partial charge in [0.15, 0.2) is 0 Å². The molecule has 0 unspecified atom stereocenters. The van der Waals surface area contributed by atoms with Crippen molar-refractivity contribution in [2.75, 3.05) is 19.7 Å². The standard InChI is InChI=1S/C22H18FN5O2/c23-20-10-15(5-7-25-20)22(29)27-8-9-30-19(13-27)21-18-4-3-17(12-28(18)14-26-21)16-2-1-6-24-11-16/h1-7,10-12,14,19H,8-9,13H2/t19-/m0/s1. The summed E-state index contributed by atoms with van der Waals surface area (Å²) in [5, 5.41) is 0. The maximum atomic E-state index is 13.4. The number of carbonyl (C=O) groups is 1. The lowest BCUT2D eigenvalue weighted by Gasteiger charge is -2.32. The van der Waals surface area contributed by atoms with Crippen molar-refractivity contribution in [2.24, 2.45) is 0 Å². The molecule has 0 spiro atoms. The third kappa shape index (κ3) is 3.42. The van der Waals surface area contributed by atoms with Crippen LogP contribution in [0, 0.1) is 5.95 Å². The molecular weight excluding hydrogens is 385 g/mol. The molecule has 4 aromatic heterocycles. The van der Waals surface area contributed by atoms with Gasteiger partial charge in [0.2, 0.25) is 5.95 Å². The van der Waals surface area contributed by atoms with Crippen LogP contribution in [0.2, 0.25) is 0 Å². The molecule has 7 nitrogen and oxygen atoms in total. The summed E-state index contributed by atoms with van der Waals surface area (Å²) in [6, 6.07) is 10.6. The molecule has 0 radical (unpaired) electrons. The van der Waals surface area contributed by atoms with E-state index in [4.69, 9.17) is 4.74 Å². The molecule has 4 aromatic rings. The Kier molecular flexibility index (Phi) is 4.68. The second kappa shape index (κ2) is 7.64. The monoisotopic (exact) mass is 403 g/mol. The summed E-state index contributed by atoms with van der Waals surface area (Å²) in [7, 11) is 0. The molecular formula is C22H18FN5O2. The number of rotatable bonds is 3. The van der Waals surface area contributed by atoms with Crippen LogP contribution in [0.1, 0.15) is 22.2 Å². The zero-order chi connectivity index (χ0) is 20.5. The molecule has 30 heavy (non-hydrogen) atoms. The van der Waals surface area contributed by atoms with Crippen LogP contribution in [0.4, 0.5) is 4.39 Å². The van der Waals surface area contributed by atoms with E-state index in [9.17, 15) is 9.18 Å². The fraction of sp³-hybridized carbons (Fsp3) is 0.182. The van der Waals surface area contributed by atoms with E-state index in [-0.39, 0.29) is 17.6 Å². The second-order valence-corrected chi connectivity index (χ2v) is 7.06. The van der Waals surface area contributed by atoms with Gasteiger partial charge in [-0.15, -0.1) is 0 Å². The van der Waals surface area contributed by atoms with Gasteiger partial charge in [-0.3, -0.25) is 9.78 Å². The molecule has 150 valence electrons. The van der Waals surface area contributed by atoms with Gasteiger partial charge >= 0.3 is 0 Å². The Morgan fingerprint density at radius 1 is 1.13 bits per heavy atom. The predicted molar refractivity (Wildman–Crippen MR) is 107 cm³/mol. The van der Waals surface area contributed by atoms with Crippen LogP contribution in [0.5, 0.6) is 0 Å². The van der Waals surface area contributed by atoms with Crippen LogP contribution in [0.15, 0.2) is 67.5 Å². The second-order valence-electron chi connectivity index (χ2n) is 7.06. The molecule has 8 heteroatoms. The maximum absolute atomic E-state index is 13.4. The first-order chi connectivity index (χ1) is 14.7. The van der Waals surface area contributed by atoms with Crippen molar-refractivity contribution in [1.82, 2.24) is 24.3 Å². The van der Waals surface area contributed by atoms with Crippen LogP contribution < -0.4 is 0 Å². The van der Waals surface area contributed by atoms with Crippen molar-refractivity contribution in [2.45, 2.75) is 6.10 Å². The molecule has 1 fully saturated rings. The van der Waals surface area contributed by atoms with Gasteiger partial charge in [0.25, 0.3) is 5.91 Å². The number of hydrogen-bond acceptors (Lipinski definition) is 5. The maximum Gasteiger partial charge on any atom is 0.254 e. The van der Waals surface area contributed by atoms with E-state index in [1.165, 1.54) is 12.3 Å². The van der Waals surface area contributed by atoms with Crippen molar-refractivity contribution in [1.29, 1.82) is 0 Å². The van der Waals surface area contributed by atoms with E-state index in [1.54, 1.807) is 17.4 Å². The summed E-state index contributed by atoms with van der Waals surface area (Å²) in [5.41, 5.74) is 4.01. The summed E-state index contributed by atoms with van der Waals surface area (Å²) in [5.74, 6) is -0.915. The first kappa shape index (κ1) is 18.4. The molecule has 1 aliphatic rings. The van der Waals surface area contributed by atoms with Crippen molar-refractivity contribution in [3.63, 3.8) is 0 Å². The first-order valence-electron chi connectivity index (χ1n) is 9.58. The Hall–Kier alpha value is -3.65. The minimum atomic E-state index is -0.671. The van der Waals surface area contributed by atoms with Gasteiger partial charge in [-0.05, 0) is 23.8 Å². The van der Waals surface area contributed by atoms with Gasteiger partial charge in [-0.25, -0.2) is 9.97 Å². The molecule has 1 saturated heterocycles. The Morgan fingerprint density at radius 3 is 2.90 bits per heavy atom. The summed E-state index contributed by atoms with van der Waals surface area (Å²) in [6.07, 6.45) is 8.23. The van der Waals surface area contributed by atoms with E-state index < -0.39 is 5.95 Å². The number of fused-ring (bicyclic) bond motifs is 1. The number of aromatic nitrogens is 4. The Labute approximate surface area is 171 Å². The van der Waals surface area contributed by atoms with Crippen molar-refractivity contribution < 1.29 is 13.9 Å². The summed E-state index contributed by atoms with van der Waals surface area (Å²) < 4.78 is 21.3. The SMILES string of the molecule is O=C(c1ccnc(F)c1)N1CCO[C@H](c2ncn3cc(-c4cccnc4)ccc23)C1. The third-order valence-electron chi connectivity index (χ3n) is 5.19. The number of imidazole rings is 1. The topological polar surface area (TPSA) is 72.6 Å². The molecule has 0 aliphatic carbocycles. The van der Waals surface area contributed by atoms with E-state index in [0.29, 0.717) is 19.7 Å². The van der Waals surface area contributed by atoms with E-state index >= 15 is 0 Å². The number of amides is 1. The quantitative estimate of drug-likeness (QED) is 0.492. The lowest BCUT2D eigenvalue weighted by atomic mass is 10.1. The van der Waals surface area contributed by atoms with Crippen molar-refractivity contribution in [3.8, 4) is 11.1 Å². The minimum Gasteiger partial charge on any atom is -0.368 e.